The fourth-order valence-corrected chi connectivity index (χ4v) is 1.15. The number of hydrogen-bond donors (Lipinski definition) is 1. The lowest BCUT2D eigenvalue weighted by Gasteiger charge is -2.09. The minimum Gasteiger partial charge on any atom is -0.496 e. The molecule has 0 atom stereocenters. The molecule has 1 rings (SSSR count). The smallest absolute Gasteiger partial charge is 0.152 e. The molecular formula is C8H8ClF2NO. The van der Waals surface area contributed by atoms with E-state index in [2.05, 4.69) is 0 Å². The minimum atomic E-state index is -0.860. The Morgan fingerprint density at radius 3 is 2.62 bits per heavy atom. The topological polar surface area (TPSA) is 35.2 Å². The first-order valence-electron chi connectivity index (χ1n) is 3.52. The maximum absolute atomic E-state index is 13.2. The lowest BCUT2D eigenvalue weighted by atomic mass is 10.2. The highest BCUT2D eigenvalue weighted by Crippen LogP contribution is 2.29. The molecule has 0 aromatic heterocycles. The van der Waals surface area contributed by atoms with Crippen LogP contribution < -0.4 is 10.5 Å². The third-order valence-electron chi connectivity index (χ3n) is 1.65. The highest BCUT2D eigenvalue weighted by atomic mass is 35.5. The number of benzene rings is 1. The second-order valence-corrected chi connectivity index (χ2v) is 2.75. The quantitative estimate of drug-likeness (QED) is 0.754. The van der Waals surface area contributed by atoms with Crippen LogP contribution in [0, 0.1) is 11.6 Å². The van der Waals surface area contributed by atoms with E-state index < -0.39 is 16.7 Å². The molecule has 0 fully saturated rings. The van der Waals surface area contributed by atoms with Crippen LogP contribution in [0.1, 0.15) is 5.56 Å². The summed E-state index contributed by atoms with van der Waals surface area (Å²) in [6.07, 6.45) is 0. The first-order valence-corrected chi connectivity index (χ1v) is 3.90. The molecule has 0 radical (unpaired) electrons. The Kier molecular flexibility index (Phi) is 3.06. The summed E-state index contributed by atoms with van der Waals surface area (Å²) in [4.78, 5) is 0. The highest BCUT2D eigenvalue weighted by molar-refractivity contribution is 6.31. The lowest BCUT2D eigenvalue weighted by Crippen LogP contribution is -2.04. The fraction of sp³-hybridized carbons (Fsp3) is 0.250. The van der Waals surface area contributed by atoms with Gasteiger partial charge in [-0.15, -0.1) is 0 Å². The molecule has 0 heterocycles. The maximum Gasteiger partial charge on any atom is 0.152 e. The number of ether oxygens (including phenoxy) is 1. The Balaban J connectivity index is 3.39. The van der Waals surface area contributed by atoms with Gasteiger partial charge < -0.3 is 10.5 Å². The molecule has 72 valence electrons. The number of rotatable bonds is 2. The predicted octanol–water partition coefficient (Wildman–Crippen LogP) is 2.09. The summed E-state index contributed by atoms with van der Waals surface area (Å²) in [5, 5.41) is -0.554. The van der Waals surface area contributed by atoms with Gasteiger partial charge in [-0.3, -0.25) is 0 Å². The molecule has 0 spiro atoms. The van der Waals surface area contributed by atoms with Crippen LogP contribution in [0.3, 0.4) is 0 Å². The zero-order chi connectivity index (χ0) is 10.0. The van der Waals surface area contributed by atoms with Crippen molar-refractivity contribution in [2.75, 3.05) is 7.11 Å². The van der Waals surface area contributed by atoms with E-state index >= 15 is 0 Å². The van der Waals surface area contributed by atoms with E-state index in [4.69, 9.17) is 22.1 Å². The summed E-state index contributed by atoms with van der Waals surface area (Å²) in [6.45, 7) is -0.0883. The van der Waals surface area contributed by atoms with Crippen molar-refractivity contribution >= 4 is 11.6 Å². The number of hydrogen-bond acceptors (Lipinski definition) is 2. The van der Waals surface area contributed by atoms with Crippen LogP contribution in [0.25, 0.3) is 0 Å². The Bertz CT molecular complexity index is 330. The van der Waals surface area contributed by atoms with Gasteiger partial charge in [0.2, 0.25) is 0 Å². The summed E-state index contributed by atoms with van der Waals surface area (Å²) in [5.74, 6) is -1.64. The van der Waals surface area contributed by atoms with E-state index in [1.165, 1.54) is 7.11 Å². The van der Waals surface area contributed by atoms with Crippen molar-refractivity contribution in [1.29, 1.82) is 0 Å². The average molecular weight is 208 g/mol. The van der Waals surface area contributed by atoms with Crippen LogP contribution >= 0.6 is 11.6 Å². The van der Waals surface area contributed by atoms with Crippen molar-refractivity contribution in [1.82, 2.24) is 0 Å². The van der Waals surface area contributed by atoms with Crippen molar-refractivity contribution in [2.24, 2.45) is 5.73 Å². The van der Waals surface area contributed by atoms with Crippen LogP contribution in [0.5, 0.6) is 5.75 Å². The molecule has 5 heteroatoms. The monoisotopic (exact) mass is 207 g/mol. The zero-order valence-electron chi connectivity index (χ0n) is 6.90. The largest absolute Gasteiger partial charge is 0.496 e. The van der Waals surface area contributed by atoms with Gasteiger partial charge >= 0.3 is 0 Å². The average Bonchev–Trinajstić information content (AvgIpc) is 2.13. The molecule has 2 nitrogen and oxygen atoms in total. The molecule has 13 heavy (non-hydrogen) atoms. The van der Waals surface area contributed by atoms with Crippen molar-refractivity contribution in [3.05, 3.63) is 28.3 Å². The van der Waals surface area contributed by atoms with Gasteiger partial charge in [-0.1, -0.05) is 11.6 Å². The molecule has 0 saturated heterocycles. The zero-order valence-corrected chi connectivity index (χ0v) is 7.66. The molecule has 0 aliphatic carbocycles. The third kappa shape index (κ3) is 1.73. The lowest BCUT2D eigenvalue weighted by molar-refractivity contribution is 0.400. The SMILES string of the molecule is COc1cc(F)c(Cl)c(F)c1CN. The second-order valence-electron chi connectivity index (χ2n) is 2.37. The first kappa shape index (κ1) is 10.2. The standard InChI is InChI=1S/C8H8ClF2NO/c1-13-6-2-5(10)7(9)8(11)4(6)3-12/h2H,3,12H2,1H3. The van der Waals surface area contributed by atoms with E-state index in [0.29, 0.717) is 0 Å². The van der Waals surface area contributed by atoms with Crippen LogP contribution in [0.4, 0.5) is 8.78 Å². The van der Waals surface area contributed by atoms with Gasteiger partial charge in [-0.05, 0) is 0 Å². The maximum atomic E-state index is 13.2. The van der Waals surface area contributed by atoms with Crippen LogP contribution in [0.15, 0.2) is 6.07 Å². The Morgan fingerprint density at radius 2 is 2.15 bits per heavy atom. The summed E-state index contributed by atoms with van der Waals surface area (Å²) in [6, 6.07) is 1.01. The van der Waals surface area contributed by atoms with E-state index in [0.717, 1.165) is 6.07 Å². The van der Waals surface area contributed by atoms with E-state index in [9.17, 15) is 8.78 Å². The highest BCUT2D eigenvalue weighted by Gasteiger charge is 2.16. The molecule has 0 aliphatic heterocycles. The molecule has 1 aromatic rings. The molecule has 0 saturated carbocycles. The summed E-state index contributed by atoms with van der Waals surface area (Å²) in [7, 11) is 1.31. The van der Waals surface area contributed by atoms with E-state index in [-0.39, 0.29) is 17.9 Å². The van der Waals surface area contributed by atoms with Crippen LogP contribution in [-0.2, 0) is 6.54 Å². The summed E-state index contributed by atoms with van der Waals surface area (Å²) in [5.41, 5.74) is 5.32. The minimum absolute atomic E-state index is 0.0712. The molecule has 0 unspecified atom stereocenters. The van der Waals surface area contributed by atoms with Crippen molar-refractivity contribution < 1.29 is 13.5 Å². The molecule has 2 N–H and O–H groups in total. The molecule has 1 aromatic carbocycles. The molecular weight excluding hydrogens is 200 g/mol. The normalized spacial score (nSPS) is 10.2. The predicted molar refractivity (Wildman–Crippen MR) is 45.8 cm³/mol. The van der Waals surface area contributed by atoms with Crippen molar-refractivity contribution in [2.45, 2.75) is 6.54 Å². The number of nitrogens with two attached hydrogens (primary N) is 1. The van der Waals surface area contributed by atoms with Crippen LogP contribution in [0.2, 0.25) is 5.02 Å². The molecule has 0 aliphatic rings. The van der Waals surface area contributed by atoms with Gasteiger partial charge in [0.25, 0.3) is 0 Å². The Morgan fingerprint density at radius 1 is 1.54 bits per heavy atom. The van der Waals surface area contributed by atoms with Gasteiger partial charge in [-0.2, -0.15) is 0 Å². The summed E-state index contributed by atoms with van der Waals surface area (Å²) >= 11 is 5.33. The van der Waals surface area contributed by atoms with E-state index in [1.807, 2.05) is 0 Å². The van der Waals surface area contributed by atoms with Gasteiger partial charge in [0.05, 0.1) is 7.11 Å². The molecule has 0 amide bonds. The number of halogens is 3. The van der Waals surface area contributed by atoms with Gasteiger partial charge in [0.1, 0.15) is 16.6 Å². The number of methoxy groups -OCH3 is 1. The van der Waals surface area contributed by atoms with Crippen molar-refractivity contribution in [3.63, 3.8) is 0 Å². The summed E-state index contributed by atoms with van der Waals surface area (Å²) < 4.78 is 30.8. The Hall–Kier alpha value is -0.870. The van der Waals surface area contributed by atoms with Gasteiger partial charge in [0.15, 0.2) is 5.82 Å². The van der Waals surface area contributed by atoms with Crippen molar-refractivity contribution in [3.8, 4) is 5.75 Å². The second kappa shape index (κ2) is 3.89. The fourth-order valence-electron chi connectivity index (χ4n) is 0.983. The van der Waals surface area contributed by atoms with Gasteiger partial charge in [-0.25, -0.2) is 8.78 Å². The first-order chi connectivity index (χ1) is 6.11. The van der Waals surface area contributed by atoms with Crippen LogP contribution in [-0.4, -0.2) is 7.11 Å². The van der Waals surface area contributed by atoms with Gasteiger partial charge in [0, 0.05) is 18.2 Å². The molecule has 0 bridgehead atoms. The third-order valence-corrected chi connectivity index (χ3v) is 1.99. The Labute approximate surface area is 79.2 Å². The van der Waals surface area contributed by atoms with E-state index in [1.54, 1.807) is 0 Å².